The summed E-state index contributed by atoms with van der Waals surface area (Å²) in [6.45, 7) is 2.00. The highest BCUT2D eigenvalue weighted by atomic mass is 16.3. The third kappa shape index (κ3) is 2.11. The zero-order valence-corrected chi connectivity index (χ0v) is 12.3. The first-order chi connectivity index (χ1) is 10.7. The van der Waals surface area contributed by atoms with Crippen LogP contribution in [0.15, 0.2) is 41.6 Å². The molecule has 22 heavy (non-hydrogen) atoms. The van der Waals surface area contributed by atoms with Crippen molar-refractivity contribution in [1.82, 2.24) is 5.43 Å². The van der Waals surface area contributed by atoms with Crippen LogP contribution in [0.1, 0.15) is 11.1 Å². The van der Waals surface area contributed by atoms with Crippen LogP contribution in [0.3, 0.4) is 0 Å². The molecule has 0 fully saturated rings. The van der Waals surface area contributed by atoms with E-state index in [1.54, 1.807) is 30.4 Å². The quantitative estimate of drug-likeness (QED) is 0.856. The molecule has 3 rings (SSSR count). The molecular weight excluding hydrogens is 276 g/mol. The van der Waals surface area contributed by atoms with Gasteiger partial charge in [0.25, 0.3) is 0 Å². The fraction of sp³-hybridized carbons (Fsp3) is 0.118. The van der Waals surface area contributed by atoms with Crippen LogP contribution in [0.5, 0.6) is 0 Å². The Balaban J connectivity index is 2.38. The van der Waals surface area contributed by atoms with Crippen LogP contribution in [0.25, 0.3) is 11.8 Å². The number of nitroso groups, excluding NO2 is 1. The Bertz CT molecular complexity index is 907. The summed E-state index contributed by atoms with van der Waals surface area (Å²) in [6, 6.07) is 13.5. The first kappa shape index (κ1) is 13.8. The Kier molecular flexibility index (Phi) is 3.36. The molecule has 0 saturated carbocycles. The largest absolute Gasteiger partial charge is 0.305 e. The maximum Gasteiger partial charge on any atom is 0.133 e. The number of nitrogens with one attached hydrogen (secondary N) is 1. The minimum Gasteiger partial charge on any atom is -0.305 e. The lowest BCUT2D eigenvalue weighted by molar-refractivity contribution is 0.902. The second-order valence-electron chi connectivity index (χ2n) is 5.17. The van der Waals surface area contributed by atoms with Gasteiger partial charge in [0.15, 0.2) is 0 Å². The number of hydrazine groups is 1. The van der Waals surface area contributed by atoms with Crippen molar-refractivity contribution in [2.45, 2.75) is 6.92 Å². The number of anilines is 1. The van der Waals surface area contributed by atoms with Gasteiger partial charge >= 0.3 is 0 Å². The van der Waals surface area contributed by atoms with Gasteiger partial charge in [-0.3, -0.25) is 5.01 Å². The van der Waals surface area contributed by atoms with E-state index in [0.717, 1.165) is 21.6 Å². The Morgan fingerprint density at radius 2 is 1.95 bits per heavy atom. The minimum absolute atomic E-state index is 0.351. The van der Waals surface area contributed by atoms with Crippen molar-refractivity contribution in [2.24, 2.45) is 5.18 Å². The highest BCUT2D eigenvalue weighted by molar-refractivity contribution is 5.80. The summed E-state index contributed by atoms with van der Waals surface area (Å²) in [5.74, 6) is 0. The predicted octanol–water partition coefficient (Wildman–Crippen LogP) is 1.81. The maximum absolute atomic E-state index is 11.0. The Labute approximate surface area is 127 Å². The van der Waals surface area contributed by atoms with Crippen molar-refractivity contribution in [3.05, 3.63) is 62.9 Å². The van der Waals surface area contributed by atoms with Crippen LogP contribution in [-0.2, 0) is 0 Å². The Morgan fingerprint density at radius 3 is 2.59 bits per heavy atom. The van der Waals surface area contributed by atoms with E-state index in [-0.39, 0.29) is 0 Å². The summed E-state index contributed by atoms with van der Waals surface area (Å²) < 4.78 is 0. The van der Waals surface area contributed by atoms with Crippen LogP contribution in [0.4, 0.5) is 11.4 Å². The number of fused-ring (bicyclic) bond motifs is 1. The zero-order chi connectivity index (χ0) is 15.7. The van der Waals surface area contributed by atoms with Gasteiger partial charge in [-0.15, -0.1) is 4.91 Å². The molecule has 5 heteroatoms. The molecule has 0 saturated heterocycles. The van der Waals surface area contributed by atoms with Crippen molar-refractivity contribution < 1.29 is 0 Å². The second kappa shape index (κ2) is 5.34. The smallest absolute Gasteiger partial charge is 0.133 e. The van der Waals surface area contributed by atoms with Gasteiger partial charge in [-0.25, -0.2) is 0 Å². The lowest BCUT2D eigenvalue weighted by atomic mass is 10.0. The van der Waals surface area contributed by atoms with Crippen LogP contribution in [-0.4, -0.2) is 7.05 Å². The van der Waals surface area contributed by atoms with Crippen molar-refractivity contribution >= 4 is 23.1 Å². The maximum atomic E-state index is 11.0. The molecule has 1 N–H and O–H groups in total. The fourth-order valence-electron chi connectivity index (χ4n) is 2.61. The Hall–Kier alpha value is -3.13. The normalized spacial score (nSPS) is 13.6. The van der Waals surface area contributed by atoms with Gasteiger partial charge in [0.05, 0.1) is 11.3 Å². The molecule has 2 aromatic rings. The van der Waals surface area contributed by atoms with E-state index >= 15 is 0 Å². The highest BCUT2D eigenvalue weighted by Gasteiger charge is 2.16. The number of nitriles is 1. The summed E-state index contributed by atoms with van der Waals surface area (Å²) in [6.07, 6.45) is 1.78. The molecule has 0 aliphatic carbocycles. The number of hydrogen-bond donors (Lipinski definition) is 1. The third-order valence-electron chi connectivity index (χ3n) is 3.75. The van der Waals surface area contributed by atoms with E-state index in [0.29, 0.717) is 16.9 Å². The van der Waals surface area contributed by atoms with Crippen LogP contribution >= 0.6 is 0 Å². The first-order valence-electron chi connectivity index (χ1n) is 6.83. The molecule has 0 aromatic heterocycles. The molecule has 2 aromatic carbocycles. The molecule has 0 unspecified atom stereocenters. The summed E-state index contributed by atoms with van der Waals surface area (Å²) in [7, 11) is 1.80. The molecule has 0 amide bonds. The van der Waals surface area contributed by atoms with Crippen LogP contribution in [0, 0.1) is 23.2 Å². The summed E-state index contributed by atoms with van der Waals surface area (Å²) >= 11 is 0. The van der Waals surface area contributed by atoms with Crippen LogP contribution < -0.4 is 20.9 Å². The molecular formula is C17H14N4O. The number of hydrogen-bond acceptors (Lipinski definition) is 5. The number of aryl methyl sites for hydroxylation is 1. The van der Waals surface area contributed by atoms with E-state index in [1.165, 1.54) is 0 Å². The van der Waals surface area contributed by atoms with Gasteiger partial charge in [0.2, 0.25) is 0 Å². The van der Waals surface area contributed by atoms with Gasteiger partial charge in [-0.2, -0.15) is 5.26 Å². The zero-order valence-electron chi connectivity index (χ0n) is 12.3. The average Bonchev–Trinajstić information content (AvgIpc) is 2.92. The van der Waals surface area contributed by atoms with Crippen molar-refractivity contribution in [2.75, 3.05) is 12.1 Å². The molecule has 1 aliphatic rings. The van der Waals surface area contributed by atoms with Crippen molar-refractivity contribution in [1.29, 1.82) is 5.26 Å². The lowest BCUT2D eigenvalue weighted by Gasteiger charge is -2.14. The van der Waals surface area contributed by atoms with Gasteiger partial charge in [0, 0.05) is 23.7 Å². The molecule has 1 heterocycles. The van der Waals surface area contributed by atoms with Gasteiger partial charge < -0.3 is 5.43 Å². The van der Waals surface area contributed by atoms with E-state index in [2.05, 4.69) is 16.7 Å². The summed E-state index contributed by atoms with van der Waals surface area (Å²) in [5, 5.41) is 16.0. The minimum atomic E-state index is 0.351. The third-order valence-corrected chi connectivity index (χ3v) is 3.75. The van der Waals surface area contributed by atoms with Gasteiger partial charge in [0.1, 0.15) is 11.8 Å². The fourth-order valence-corrected chi connectivity index (χ4v) is 2.61. The first-order valence-corrected chi connectivity index (χ1v) is 6.83. The summed E-state index contributed by atoms with van der Waals surface area (Å²) in [4.78, 5) is 11.0. The monoisotopic (exact) mass is 290 g/mol. The molecule has 0 radical (unpaired) electrons. The molecule has 0 spiro atoms. The van der Waals surface area contributed by atoms with E-state index in [1.807, 2.05) is 31.2 Å². The van der Waals surface area contributed by atoms with E-state index in [4.69, 9.17) is 0 Å². The highest BCUT2D eigenvalue weighted by Crippen LogP contribution is 2.23. The Morgan fingerprint density at radius 1 is 1.23 bits per heavy atom. The standard InChI is InChI=1S/C17H14N4O/c1-11-3-5-12(6-4-11)14(9-18)13-7-8-16(20-22)17-15(13)10-19-21(17)2/h3-8,10,19H,1-2H3/b14-13-. The topological polar surface area (TPSA) is 68.5 Å². The number of benzene rings is 2. The number of rotatable bonds is 2. The van der Waals surface area contributed by atoms with E-state index in [9.17, 15) is 10.2 Å². The van der Waals surface area contributed by atoms with Crippen molar-refractivity contribution in [3.63, 3.8) is 0 Å². The van der Waals surface area contributed by atoms with Gasteiger partial charge in [-0.05, 0) is 23.7 Å². The average molecular weight is 290 g/mol. The van der Waals surface area contributed by atoms with Gasteiger partial charge in [-0.1, -0.05) is 35.9 Å². The predicted molar refractivity (Wildman–Crippen MR) is 86.5 cm³/mol. The lowest BCUT2D eigenvalue weighted by Crippen LogP contribution is -2.29. The molecule has 5 nitrogen and oxygen atoms in total. The van der Waals surface area contributed by atoms with Crippen LogP contribution in [0.2, 0.25) is 0 Å². The van der Waals surface area contributed by atoms with E-state index < -0.39 is 0 Å². The second-order valence-corrected chi connectivity index (χ2v) is 5.17. The molecule has 0 bridgehead atoms. The number of nitrogens with zero attached hydrogens (tertiary/aromatic N) is 3. The molecule has 108 valence electrons. The van der Waals surface area contributed by atoms with Crippen molar-refractivity contribution in [3.8, 4) is 6.07 Å². The summed E-state index contributed by atoms with van der Waals surface area (Å²) in [5.41, 5.74) is 6.63. The molecule has 1 aliphatic heterocycles. The SMILES string of the molecule is Cc1ccc(/C(C#N)=c2/ccc(N=O)c3c2=CNN3C)cc1. The molecule has 0 atom stereocenters.